The monoisotopic (exact) mass is 435 g/mol. The Balaban J connectivity index is 2.24. The first-order valence-corrected chi connectivity index (χ1v) is 7.25. The maximum atomic E-state index is 12.6. The summed E-state index contributed by atoms with van der Waals surface area (Å²) in [6.07, 6.45) is -3.23. The molecular formula is C14H9F3IN3O2. The Morgan fingerprint density at radius 2 is 1.96 bits per heavy atom. The molecule has 1 N–H and O–H groups in total. The number of rotatable bonds is 4. The van der Waals surface area contributed by atoms with Crippen LogP contribution in [-0.2, 0) is 6.18 Å². The van der Waals surface area contributed by atoms with Gasteiger partial charge in [0, 0.05) is 9.64 Å². The number of hydrogen-bond acceptors (Lipinski definition) is 4. The third-order valence-corrected chi connectivity index (χ3v) is 3.44. The summed E-state index contributed by atoms with van der Waals surface area (Å²) in [7, 11) is 0. The van der Waals surface area contributed by atoms with E-state index in [2.05, 4.69) is 33.1 Å². The average molecular weight is 435 g/mol. The second-order valence-electron chi connectivity index (χ2n) is 4.41. The molecule has 0 aromatic heterocycles. The third-order valence-electron chi connectivity index (χ3n) is 2.77. The van der Waals surface area contributed by atoms with Crippen molar-refractivity contribution in [3.8, 4) is 0 Å². The number of nitro groups is 1. The van der Waals surface area contributed by atoms with E-state index in [0.29, 0.717) is 6.07 Å². The quantitative estimate of drug-likeness (QED) is 0.329. The number of hydrogen-bond donors (Lipinski definition) is 1. The lowest BCUT2D eigenvalue weighted by atomic mass is 10.1. The maximum absolute atomic E-state index is 12.6. The van der Waals surface area contributed by atoms with E-state index in [4.69, 9.17) is 0 Å². The third kappa shape index (κ3) is 4.65. The van der Waals surface area contributed by atoms with Gasteiger partial charge in [-0.2, -0.15) is 18.3 Å². The van der Waals surface area contributed by atoms with Gasteiger partial charge < -0.3 is 0 Å². The first-order valence-electron chi connectivity index (χ1n) is 6.17. The molecule has 0 atom stereocenters. The number of anilines is 1. The smallest absolute Gasteiger partial charge is 0.272 e. The second-order valence-corrected chi connectivity index (χ2v) is 5.66. The van der Waals surface area contributed by atoms with Gasteiger partial charge in [0.25, 0.3) is 5.69 Å². The van der Waals surface area contributed by atoms with Crippen LogP contribution in [0.25, 0.3) is 0 Å². The minimum absolute atomic E-state index is 0.120. The molecule has 0 unspecified atom stereocenters. The molecule has 0 fully saturated rings. The van der Waals surface area contributed by atoms with Crippen molar-refractivity contribution < 1.29 is 18.1 Å². The minimum atomic E-state index is -4.65. The normalized spacial score (nSPS) is 11.7. The highest BCUT2D eigenvalue weighted by atomic mass is 127. The van der Waals surface area contributed by atoms with Crippen molar-refractivity contribution >= 4 is 40.2 Å². The molecule has 0 aliphatic carbocycles. The van der Waals surface area contributed by atoms with E-state index in [1.54, 1.807) is 6.07 Å². The standard InChI is InChI=1S/C14H9F3IN3O2/c15-14(16,17)10-4-5-12(13(7-10)21(22)23)20-19-8-9-2-1-3-11(18)6-9/h1-8,20H. The van der Waals surface area contributed by atoms with Gasteiger partial charge in [0.05, 0.1) is 16.7 Å². The molecule has 0 aliphatic rings. The fraction of sp³-hybridized carbons (Fsp3) is 0.0714. The lowest BCUT2D eigenvalue weighted by Gasteiger charge is -2.08. The van der Waals surface area contributed by atoms with Crippen molar-refractivity contribution in [1.29, 1.82) is 0 Å². The Hall–Kier alpha value is -2.17. The number of nitro benzene ring substituents is 1. The highest BCUT2D eigenvalue weighted by Crippen LogP contribution is 2.34. The maximum Gasteiger partial charge on any atom is 0.416 e. The first kappa shape index (κ1) is 17.2. The van der Waals surface area contributed by atoms with Crippen LogP contribution in [0.4, 0.5) is 24.5 Å². The Kier molecular flexibility index (Phi) is 5.19. The number of halogens is 4. The van der Waals surface area contributed by atoms with Crippen LogP contribution in [0.2, 0.25) is 0 Å². The van der Waals surface area contributed by atoms with E-state index in [0.717, 1.165) is 21.3 Å². The number of nitrogens with one attached hydrogen (secondary N) is 1. The summed E-state index contributed by atoms with van der Waals surface area (Å²) in [6, 6.07) is 9.50. The van der Waals surface area contributed by atoms with Gasteiger partial charge in [-0.3, -0.25) is 15.5 Å². The Morgan fingerprint density at radius 1 is 1.22 bits per heavy atom. The van der Waals surface area contributed by atoms with E-state index in [9.17, 15) is 23.3 Å². The van der Waals surface area contributed by atoms with Gasteiger partial charge in [0.1, 0.15) is 5.69 Å². The van der Waals surface area contributed by atoms with Crippen molar-refractivity contribution in [2.75, 3.05) is 5.43 Å². The molecule has 9 heteroatoms. The molecule has 0 amide bonds. The largest absolute Gasteiger partial charge is 0.416 e. The number of alkyl halides is 3. The van der Waals surface area contributed by atoms with E-state index in [-0.39, 0.29) is 5.69 Å². The summed E-state index contributed by atoms with van der Waals surface area (Å²) in [5.74, 6) is 0. The molecule has 0 saturated heterocycles. The zero-order valence-corrected chi connectivity index (χ0v) is 13.5. The van der Waals surface area contributed by atoms with Gasteiger partial charge in [-0.25, -0.2) is 0 Å². The zero-order chi connectivity index (χ0) is 17.0. The van der Waals surface area contributed by atoms with Gasteiger partial charge in [0.2, 0.25) is 0 Å². The van der Waals surface area contributed by atoms with E-state index in [1.165, 1.54) is 6.21 Å². The van der Waals surface area contributed by atoms with Crippen LogP contribution in [0.15, 0.2) is 47.6 Å². The molecule has 2 aromatic carbocycles. The zero-order valence-electron chi connectivity index (χ0n) is 11.3. The summed E-state index contributed by atoms with van der Waals surface area (Å²) in [4.78, 5) is 10.0. The van der Waals surface area contributed by atoms with Crippen molar-refractivity contribution in [2.45, 2.75) is 6.18 Å². The SMILES string of the molecule is O=[N+]([O-])c1cc(C(F)(F)F)ccc1NN=Cc1cccc(I)c1. The van der Waals surface area contributed by atoms with E-state index < -0.39 is 22.4 Å². The van der Waals surface area contributed by atoms with Gasteiger partial charge in [0.15, 0.2) is 0 Å². The molecular weight excluding hydrogens is 426 g/mol. The summed E-state index contributed by atoms with van der Waals surface area (Å²) in [5, 5.41) is 14.7. The van der Waals surface area contributed by atoms with Crippen LogP contribution in [0, 0.1) is 13.7 Å². The molecule has 23 heavy (non-hydrogen) atoms. The molecule has 2 aromatic rings. The second kappa shape index (κ2) is 6.94. The fourth-order valence-corrected chi connectivity index (χ4v) is 2.28. The van der Waals surface area contributed by atoms with Crippen molar-refractivity contribution in [1.82, 2.24) is 0 Å². The molecule has 0 saturated carbocycles. The number of benzene rings is 2. The Labute approximate surface area is 142 Å². The van der Waals surface area contributed by atoms with Crippen molar-refractivity contribution in [3.05, 3.63) is 67.3 Å². The van der Waals surface area contributed by atoms with Crippen LogP contribution >= 0.6 is 22.6 Å². The van der Waals surface area contributed by atoms with Crippen LogP contribution in [-0.4, -0.2) is 11.1 Å². The molecule has 0 spiro atoms. The van der Waals surface area contributed by atoms with Crippen LogP contribution < -0.4 is 5.43 Å². The Morgan fingerprint density at radius 3 is 2.57 bits per heavy atom. The van der Waals surface area contributed by atoms with E-state index >= 15 is 0 Å². The summed E-state index contributed by atoms with van der Waals surface area (Å²) in [6.45, 7) is 0. The van der Waals surface area contributed by atoms with E-state index in [1.807, 2.05) is 18.2 Å². The summed E-state index contributed by atoms with van der Waals surface area (Å²) >= 11 is 2.12. The topological polar surface area (TPSA) is 67.5 Å². The summed E-state index contributed by atoms with van der Waals surface area (Å²) < 4.78 is 38.8. The van der Waals surface area contributed by atoms with Gasteiger partial charge in [-0.05, 0) is 52.4 Å². The predicted molar refractivity (Wildman–Crippen MR) is 88.5 cm³/mol. The van der Waals surface area contributed by atoms with Gasteiger partial charge in [-0.15, -0.1) is 0 Å². The molecule has 5 nitrogen and oxygen atoms in total. The van der Waals surface area contributed by atoms with Crippen molar-refractivity contribution in [2.24, 2.45) is 5.10 Å². The molecule has 0 radical (unpaired) electrons. The van der Waals surface area contributed by atoms with Crippen LogP contribution in [0.5, 0.6) is 0 Å². The van der Waals surface area contributed by atoms with Gasteiger partial charge in [-0.1, -0.05) is 12.1 Å². The highest BCUT2D eigenvalue weighted by molar-refractivity contribution is 14.1. The van der Waals surface area contributed by atoms with Crippen LogP contribution in [0.1, 0.15) is 11.1 Å². The Bertz CT molecular complexity index is 763. The van der Waals surface area contributed by atoms with Crippen LogP contribution in [0.3, 0.4) is 0 Å². The fourth-order valence-electron chi connectivity index (χ4n) is 1.72. The first-order chi connectivity index (χ1) is 10.8. The molecule has 0 heterocycles. The molecule has 120 valence electrons. The summed E-state index contributed by atoms with van der Waals surface area (Å²) in [5.41, 5.74) is 1.25. The molecule has 0 aliphatic heterocycles. The minimum Gasteiger partial charge on any atom is -0.272 e. The lowest BCUT2D eigenvalue weighted by Crippen LogP contribution is -2.06. The lowest BCUT2D eigenvalue weighted by molar-refractivity contribution is -0.384. The predicted octanol–water partition coefficient (Wildman–Crippen LogP) is 4.66. The number of hydrazone groups is 1. The molecule has 2 rings (SSSR count). The van der Waals surface area contributed by atoms with Gasteiger partial charge >= 0.3 is 6.18 Å². The average Bonchev–Trinajstić information content (AvgIpc) is 2.46. The van der Waals surface area contributed by atoms with Crippen molar-refractivity contribution in [3.63, 3.8) is 0 Å². The highest BCUT2D eigenvalue weighted by Gasteiger charge is 2.33. The number of nitrogens with zero attached hydrogens (tertiary/aromatic N) is 2. The molecule has 0 bridgehead atoms.